The normalized spacial score (nSPS) is 17.2. The third kappa shape index (κ3) is 2.78. The lowest BCUT2D eigenvalue weighted by Crippen LogP contribution is -2.45. The highest BCUT2D eigenvalue weighted by Gasteiger charge is 2.53. The molecule has 0 aliphatic carbocycles. The van der Waals surface area contributed by atoms with Crippen molar-refractivity contribution in [3.63, 3.8) is 0 Å². The highest BCUT2D eigenvalue weighted by Crippen LogP contribution is 2.66. The summed E-state index contributed by atoms with van der Waals surface area (Å²) in [5.74, 6) is 1.33. The first-order valence-electron chi connectivity index (χ1n) is 15.2. The summed E-state index contributed by atoms with van der Waals surface area (Å²) < 4.78 is 22.8. The summed E-state index contributed by atoms with van der Waals surface area (Å²) in [5, 5.41) is 9.79. The molecular formula is C40H23N2O2P. The minimum absolute atomic E-state index is 0.664. The molecule has 0 radical (unpaired) electrons. The molecule has 8 aromatic carbocycles. The molecule has 4 nitrogen and oxygen atoms in total. The van der Waals surface area contributed by atoms with Gasteiger partial charge in [-0.2, -0.15) is 0 Å². The van der Waals surface area contributed by atoms with Crippen molar-refractivity contribution in [2.45, 2.75) is 0 Å². The number of hydrogen-bond acceptors (Lipinski definition) is 4. The van der Waals surface area contributed by atoms with Crippen molar-refractivity contribution in [2.24, 2.45) is 0 Å². The van der Waals surface area contributed by atoms with E-state index in [0.29, 0.717) is 11.5 Å². The van der Waals surface area contributed by atoms with Crippen LogP contribution in [0.25, 0.3) is 32.3 Å². The van der Waals surface area contributed by atoms with E-state index in [9.17, 15) is 0 Å². The first-order valence-corrected chi connectivity index (χ1v) is 16.9. The summed E-state index contributed by atoms with van der Waals surface area (Å²) in [6.07, 6.45) is 0. The SMILES string of the molecule is O=P12c3c4cccc3N(c3ccccc3)c3cccc(c31)N(c1ccc3ccc5cccc6ccc1c3c56)c1cccc(c12)O4. The Hall–Kier alpha value is -5.57. The van der Waals surface area contributed by atoms with Crippen LogP contribution in [0.4, 0.5) is 34.1 Å². The second kappa shape index (κ2) is 8.12. The van der Waals surface area contributed by atoms with Gasteiger partial charge in [0.15, 0.2) is 7.14 Å². The van der Waals surface area contributed by atoms with Crippen LogP contribution in [0.3, 0.4) is 0 Å². The minimum Gasteiger partial charge on any atom is -0.456 e. The van der Waals surface area contributed by atoms with Gasteiger partial charge >= 0.3 is 0 Å². The zero-order chi connectivity index (χ0) is 29.4. The van der Waals surface area contributed by atoms with Gasteiger partial charge in [-0.15, -0.1) is 0 Å². The van der Waals surface area contributed by atoms with Crippen LogP contribution >= 0.6 is 7.14 Å². The Morgan fingerprint density at radius 1 is 0.422 bits per heavy atom. The number of rotatable bonds is 2. The number of nitrogens with zero attached hydrogens (tertiary/aromatic N) is 2. The molecule has 1 atom stereocenters. The fourth-order valence-corrected chi connectivity index (χ4v) is 11.6. The summed E-state index contributed by atoms with van der Waals surface area (Å²) in [7, 11) is -3.33. The summed E-state index contributed by atoms with van der Waals surface area (Å²) in [4.78, 5) is 4.57. The van der Waals surface area contributed by atoms with Crippen LogP contribution in [0.2, 0.25) is 0 Å². The van der Waals surface area contributed by atoms with Gasteiger partial charge in [0.2, 0.25) is 0 Å². The van der Waals surface area contributed by atoms with E-state index < -0.39 is 7.14 Å². The third-order valence-corrected chi connectivity index (χ3v) is 13.1. The third-order valence-electron chi connectivity index (χ3n) is 9.84. The maximum Gasteiger partial charge on any atom is 0.186 e. The molecule has 0 spiro atoms. The predicted octanol–water partition coefficient (Wildman–Crippen LogP) is 9.90. The zero-order valence-corrected chi connectivity index (χ0v) is 24.8. The van der Waals surface area contributed by atoms with Gasteiger partial charge in [-0.1, -0.05) is 84.9 Å². The second-order valence-electron chi connectivity index (χ2n) is 12.1. The average Bonchev–Trinajstić information content (AvgIpc) is 3.08. The molecule has 0 saturated carbocycles. The first kappa shape index (κ1) is 23.8. The maximum atomic E-state index is 16.2. The highest BCUT2D eigenvalue weighted by atomic mass is 31.2. The minimum atomic E-state index is -3.33. The van der Waals surface area contributed by atoms with E-state index >= 15 is 4.57 Å². The van der Waals surface area contributed by atoms with Crippen LogP contribution in [0.1, 0.15) is 0 Å². The van der Waals surface area contributed by atoms with E-state index in [2.05, 4.69) is 119 Å². The average molecular weight is 595 g/mol. The molecule has 0 aromatic heterocycles. The van der Waals surface area contributed by atoms with Gasteiger partial charge in [0.1, 0.15) is 11.5 Å². The summed E-state index contributed by atoms with van der Waals surface area (Å²) in [6.45, 7) is 0. The molecule has 0 N–H and O–H groups in total. The standard InChI is InChI=1S/C40H23N2O2P/c43-45-38-30-12-5-13-31(38)42(29-23-21-26-19-18-24-8-4-9-25-20-22-28(29)37(26)36(24)25)33-15-7-17-35(40(33)45)44-34-16-6-14-32(39(34)45)41(30)27-10-2-1-3-11-27/h1-23H. The molecule has 0 bridgehead atoms. The molecule has 11 rings (SSSR count). The van der Waals surface area contributed by atoms with E-state index in [-0.39, 0.29) is 0 Å². The van der Waals surface area contributed by atoms with Crippen LogP contribution < -0.4 is 30.5 Å². The van der Waals surface area contributed by atoms with Crippen LogP contribution in [-0.4, -0.2) is 0 Å². The molecular weight excluding hydrogens is 571 g/mol. The zero-order valence-electron chi connectivity index (χ0n) is 23.9. The molecule has 45 heavy (non-hydrogen) atoms. The fraction of sp³-hybridized carbons (Fsp3) is 0. The summed E-state index contributed by atoms with van der Waals surface area (Å²) in [5.41, 5.74) is 5.78. The topological polar surface area (TPSA) is 32.8 Å². The van der Waals surface area contributed by atoms with Crippen molar-refractivity contribution in [3.05, 3.63) is 140 Å². The van der Waals surface area contributed by atoms with E-state index in [1.165, 1.54) is 26.9 Å². The largest absolute Gasteiger partial charge is 0.456 e. The lowest BCUT2D eigenvalue weighted by Gasteiger charge is -2.47. The van der Waals surface area contributed by atoms with Crippen molar-refractivity contribution in [2.75, 3.05) is 9.80 Å². The monoisotopic (exact) mass is 594 g/mol. The van der Waals surface area contributed by atoms with Gasteiger partial charge in [0.05, 0.1) is 44.4 Å². The number of ether oxygens (including phenoxy) is 1. The lowest BCUT2D eigenvalue weighted by molar-refractivity contribution is 0.485. The Labute approximate surface area is 259 Å². The quantitative estimate of drug-likeness (QED) is 0.147. The van der Waals surface area contributed by atoms with Crippen molar-refractivity contribution in [1.82, 2.24) is 0 Å². The molecule has 5 heteroatoms. The first-order chi connectivity index (χ1) is 22.2. The van der Waals surface area contributed by atoms with Crippen molar-refractivity contribution in [1.29, 1.82) is 0 Å². The summed E-state index contributed by atoms with van der Waals surface area (Å²) >= 11 is 0. The van der Waals surface area contributed by atoms with Gasteiger partial charge in [-0.3, -0.25) is 0 Å². The van der Waals surface area contributed by atoms with Gasteiger partial charge < -0.3 is 19.1 Å². The Kier molecular flexibility index (Phi) is 4.30. The molecule has 1 unspecified atom stereocenters. The Balaban J connectivity index is 1.29. The Bertz CT molecular complexity index is 2610. The fourth-order valence-electron chi connectivity index (χ4n) is 8.13. The van der Waals surface area contributed by atoms with Gasteiger partial charge in [-0.25, -0.2) is 0 Å². The van der Waals surface area contributed by atoms with Gasteiger partial charge in [0, 0.05) is 11.1 Å². The number of anilines is 6. The predicted molar refractivity (Wildman–Crippen MR) is 186 cm³/mol. The second-order valence-corrected chi connectivity index (χ2v) is 14.6. The number of benzene rings is 8. The Morgan fingerprint density at radius 3 is 1.67 bits per heavy atom. The highest BCUT2D eigenvalue weighted by molar-refractivity contribution is 7.87. The van der Waals surface area contributed by atoms with Crippen LogP contribution in [0.5, 0.6) is 11.5 Å². The Morgan fingerprint density at radius 2 is 0.956 bits per heavy atom. The van der Waals surface area contributed by atoms with Gasteiger partial charge in [-0.05, 0) is 81.5 Å². The molecule has 0 amide bonds. The number of hydrogen-bond donors (Lipinski definition) is 0. The molecule has 8 aromatic rings. The molecule has 210 valence electrons. The lowest BCUT2D eigenvalue weighted by atomic mass is 9.93. The van der Waals surface area contributed by atoms with Crippen molar-refractivity contribution >= 4 is 89.5 Å². The van der Waals surface area contributed by atoms with Crippen molar-refractivity contribution in [3.8, 4) is 11.5 Å². The molecule has 0 saturated heterocycles. The van der Waals surface area contributed by atoms with Gasteiger partial charge in [0.25, 0.3) is 0 Å². The maximum absolute atomic E-state index is 16.2. The number of para-hydroxylation sites is 1. The van der Waals surface area contributed by atoms with E-state index in [1.807, 2.05) is 30.3 Å². The van der Waals surface area contributed by atoms with Crippen molar-refractivity contribution < 1.29 is 9.30 Å². The van der Waals surface area contributed by atoms with Crippen LogP contribution in [-0.2, 0) is 4.57 Å². The summed E-state index contributed by atoms with van der Waals surface area (Å²) in [6, 6.07) is 48.7. The smallest absolute Gasteiger partial charge is 0.186 e. The van der Waals surface area contributed by atoms with E-state index in [0.717, 1.165) is 55.4 Å². The molecule has 0 fully saturated rings. The van der Waals surface area contributed by atoms with E-state index in [4.69, 9.17) is 4.74 Å². The molecule has 3 heterocycles. The van der Waals surface area contributed by atoms with Crippen LogP contribution in [0.15, 0.2) is 140 Å². The molecule has 3 aliphatic rings. The van der Waals surface area contributed by atoms with E-state index in [1.54, 1.807) is 0 Å². The molecule has 3 aliphatic heterocycles. The van der Waals surface area contributed by atoms with Crippen LogP contribution in [0, 0.1) is 0 Å².